The van der Waals surface area contributed by atoms with Gasteiger partial charge in [-0.1, -0.05) is 18.2 Å². The van der Waals surface area contributed by atoms with Crippen LogP contribution in [0.1, 0.15) is 24.4 Å². The predicted molar refractivity (Wildman–Crippen MR) is 96.1 cm³/mol. The van der Waals surface area contributed by atoms with Gasteiger partial charge in [0, 0.05) is 18.3 Å². The number of aromatic nitrogens is 3. The molecule has 3 aromatic rings. The molecule has 1 amide bonds. The number of carbonyl (C=O) groups is 1. The highest BCUT2D eigenvalue weighted by Gasteiger charge is 2.32. The molecule has 7 nitrogen and oxygen atoms in total. The number of amides is 1. The van der Waals surface area contributed by atoms with E-state index in [0.717, 1.165) is 24.2 Å². The first kappa shape index (κ1) is 16.4. The summed E-state index contributed by atoms with van der Waals surface area (Å²) < 4.78 is 8.34. The van der Waals surface area contributed by atoms with Gasteiger partial charge in [0.1, 0.15) is 24.1 Å². The van der Waals surface area contributed by atoms with Gasteiger partial charge >= 0.3 is 0 Å². The zero-order valence-electron chi connectivity index (χ0n) is 14.5. The second kappa shape index (κ2) is 6.67. The number of ether oxygens (including phenoxy) is 1. The van der Waals surface area contributed by atoms with E-state index in [9.17, 15) is 9.59 Å². The Morgan fingerprint density at radius 3 is 2.96 bits per heavy atom. The summed E-state index contributed by atoms with van der Waals surface area (Å²) in [6.45, 7) is 0.607. The van der Waals surface area contributed by atoms with Gasteiger partial charge in [-0.2, -0.15) is 5.10 Å². The van der Waals surface area contributed by atoms with E-state index in [0.29, 0.717) is 12.1 Å². The summed E-state index contributed by atoms with van der Waals surface area (Å²) in [4.78, 5) is 27.2. The van der Waals surface area contributed by atoms with Crippen molar-refractivity contribution in [2.24, 2.45) is 0 Å². The Morgan fingerprint density at radius 1 is 1.27 bits per heavy atom. The van der Waals surface area contributed by atoms with Crippen LogP contribution in [-0.2, 0) is 11.3 Å². The molecule has 0 saturated carbocycles. The van der Waals surface area contributed by atoms with Crippen molar-refractivity contribution in [3.05, 3.63) is 64.8 Å². The van der Waals surface area contributed by atoms with E-state index in [2.05, 4.69) is 5.10 Å². The maximum atomic E-state index is 12.9. The van der Waals surface area contributed by atoms with E-state index in [-0.39, 0.29) is 24.1 Å². The third-order valence-electron chi connectivity index (χ3n) is 4.90. The zero-order valence-corrected chi connectivity index (χ0v) is 14.5. The van der Waals surface area contributed by atoms with Crippen LogP contribution in [0.15, 0.2) is 53.7 Å². The van der Waals surface area contributed by atoms with Gasteiger partial charge in [0.15, 0.2) is 0 Å². The number of rotatable bonds is 4. The molecule has 1 atom stereocenters. The van der Waals surface area contributed by atoms with Crippen molar-refractivity contribution in [3.63, 3.8) is 0 Å². The molecule has 134 valence electrons. The third-order valence-corrected chi connectivity index (χ3v) is 4.90. The fourth-order valence-corrected chi connectivity index (χ4v) is 3.64. The second-order valence-corrected chi connectivity index (χ2v) is 6.38. The van der Waals surface area contributed by atoms with E-state index in [1.165, 1.54) is 4.68 Å². The van der Waals surface area contributed by atoms with Gasteiger partial charge in [-0.15, -0.1) is 0 Å². The average molecular weight is 352 g/mol. The Hall–Kier alpha value is -3.09. The van der Waals surface area contributed by atoms with Crippen molar-refractivity contribution in [2.45, 2.75) is 25.4 Å². The standard InChI is InChI=1S/C19H20N4O3/c1-26-17-9-3-2-6-14(17)15-7-5-11-22(15)18(24)12-23-19(25)16-8-4-10-21(16)13-20-23/h2-4,6,8-10,13,15H,5,7,11-12H2,1H3. The van der Waals surface area contributed by atoms with Crippen LogP contribution in [0, 0.1) is 0 Å². The van der Waals surface area contributed by atoms with Crippen molar-refractivity contribution < 1.29 is 9.53 Å². The Kier molecular flexibility index (Phi) is 4.20. The van der Waals surface area contributed by atoms with E-state index in [4.69, 9.17) is 4.74 Å². The van der Waals surface area contributed by atoms with Gasteiger partial charge in [-0.3, -0.25) is 9.59 Å². The van der Waals surface area contributed by atoms with E-state index >= 15 is 0 Å². The first-order chi connectivity index (χ1) is 12.7. The third kappa shape index (κ3) is 2.75. The van der Waals surface area contributed by atoms with Gasteiger partial charge in [-0.05, 0) is 31.0 Å². The highest BCUT2D eigenvalue weighted by atomic mass is 16.5. The van der Waals surface area contributed by atoms with E-state index < -0.39 is 0 Å². The number of fused-ring (bicyclic) bond motifs is 1. The molecule has 7 heteroatoms. The van der Waals surface area contributed by atoms with Crippen LogP contribution in [0.25, 0.3) is 5.52 Å². The van der Waals surface area contributed by atoms with Crippen LogP contribution >= 0.6 is 0 Å². The van der Waals surface area contributed by atoms with E-state index in [1.807, 2.05) is 29.2 Å². The second-order valence-electron chi connectivity index (χ2n) is 6.38. The molecule has 2 aromatic heterocycles. The molecule has 0 spiro atoms. The lowest BCUT2D eigenvalue weighted by Gasteiger charge is -2.26. The molecule has 26 heavy (non-hydrogen) atoms. The van der Waals surface area contributed by atoms with Crippen LogP contribution in [0.3, 0.4) is 0 Å². The molecule has 0 aliphatic carbocycles. The number of hydrogen-bond donors (Lipinski definition) is 0. The Balaban J connectivity index is 1.60. The predicted octanol–water partition coefficient (Wildman–Crippen LogP) is 1.87. The average Bonchev–Trinajstić information content (AvgIpc) is 3.33. The van der Waals surface area contributed by atoms with Crippen molar-refractivity contribution in [1.82, 2.24) is 19.1 Å². The lowest BCUT2D eigenvalue weighted by atomic mass is 10.0. The molecule has 4 rings (SSSR count). The van der Waals surface area contributed by atoms with Gasteiger partial charge in [0.05, 0.1) is 13.2 Å². The number of methoxy groups -OCH3 is 1. The normalized spacial score (nSPS) is 17.0. The van der Waals surface area contributed by atoms with Crippen molar-refractivity contribution in [1.29, 1.82) is 0 Å². The van der Waals surface area contributed by atoms with Gasteiger partial charge in [0.25, 0.3) is 5.56 Å². The van der Waals surface area contributed by atoms with Gasteiger partial charge < -0.3 is 14.0 Å². The summed E-state index contributed by atoms with van der Waals surface area (Å²) in [6, 6.07) is 11.2. The summed E-state index contributed by atoms with van der Waals surface area (Å²) in [7, 11) is 1.64. The molecular formula is C19H20N4O3. The van der Waals surface area contributed by atoms with Crippen LogP contribution < -0.4 is 10.3 Å². The minimum atomic E-state index is -0.265. The summed E-state index contributed by atoms with van der Waals surface area (Å²) in [5, 5.41) is 4.12. The highest BCUT2D eigenvalue weighted by Crippen LogP contribution is 2.36. The zero-order chi connectivity index (χ0) is 18.1. The minimum absolute atomic E-state index is 0.0358. The van der Waals surface area contributed by atoms with Gasteiger partial charge in [0.2, 0.25) is 5.91 Å². The number of likely N-dealkylation sites (tertiary alicyclic amines) is 1. The maximum Gasteiger partial charge on any atom is 0.291 e. The smallest absolute Gasteiger partial charge is 0.291 e. The number of nitrogens with zero attached hydrogens (tertiary/aromatic N) is 4. The molecular weight excluding hydrogens is 332 g/mol. The Labute approximate surface area is 150 Å². The molecule has 1 fully saturated rings. The minimum Gasteiger partial charge on any atom is -0.496 e. The lowest BCUT2D eigenvalue weighted by Crippen LogP contribution is -2.37. The molecule has 1 aliphatic heterocycles. The first-order valence-electron chi connectivity index (χ1n) is 8.64. The lowest BCUT2D eigenvalue weighted by molar-refractivity contribution is -0.133. The van der Waals surface area contributed by atoms with Crippen LogP contribution in [0.5, 0.6) is 5.75 Å². The molecule has 3 heterocycles. The fraction of sp³-hybridized carbons (Fsp3) is 0.316. The highest BCUT2D eigenvalue weighted by molar-refractivity contribution is 5.77. The summed E-state index contributed by atoms with van der Waals surface area (Å²) in [5.41, 5.74) is 1.25. The summed E-state index contributed by atoms with van der Waals surface area (Å²) >= 11 is 0. The number of para-hydroxylation sites is 1. The summed E-state index contributed by atoms with van der Waals surface area (Å²) in [5.74, 6) is 0.672. The number of hydrogen-bond acceptors (Lipinski definition) is 4. The molecule has 0 bridgehead atoms. The molecule has 0 radical (unpaired) electrons. The maximum absolute atomic E-state index is 12.9. The summed E-state index contributed by atoms with van der Waals surface area (Å²) in [6.07, 6.45) is 5.11. The first-order valence-corrected chi connectivity index (χ1v) is 8.64. The van der Waals surface area contributed by atoms with E-state index in [1.54, 1.807) is 36.2 Å². The molecule has 1 unspecified atom stereocenters. The number of carbonyl (C=O) groups excluding carboxylic acids is 1. The van der Waals surface area contributed by atoms with Gasteiger partial charge in [-0.25, -0.2) is 4.68 Å². The fourth-order valence-electron chi connectivity index (χ4n) is 3.64. The molecule has 0 N–H and O–H groups in total. The Bertz CT molecular complexity index is 1010. The molecule has 1 aliphatic rings. The van der Waals surface area contributed by atoms with Crippen molar-refractivity contribution in [3.8, 4) is 5.75 Å². The van der Waals surface area contributed by atoms with Crippen molar-refractivity contribution >= 4 is 11.4 Å². The largest absolute Gasteiger partial charge is 0.496 e. The quantitative estimate of drug-likeness (QED) is 0.719. The van der Waals surface area contributed by atoms with Crippen LogP contribution in [0.2, 0.25) is 0 Å². The number of benzene rings is 1. The monoisotopic (exact) mass is 352 g/mol. The van der Waals surface area contributed by atoms with Crippen LogP contribution in [-0.4, -0.2) is 38.6 Å². The van der Waals surface area contributed by atoms with Crippen molar-refractivity contribution in [2.75, 3.05) is 13.7 Å². The molecule has 1 aromatic carbocycles. The van der Waals surface area contributed by atoms with Crippen LogP contribution in [0.4, 0.5) is 0 Å². The Morgan fingerprint density at radius 2 is 2.12 bits per heavy atom. The topological polar surface area (TPSA) is 68.8 Å². The SMILES string of the molecule is COc1ccccc1C1CCCN1C(=O)Cn1ncn2cccc2c1=O. The molecule has 1 saturated heterocycles.